The summed E-state index contributed by atoms with van der Waals surface area (Å²) in [4.78, 5) is 14.1. The summed E-state index contributed by atoms with van der Waals surface area (Å²) in [6.07, 6.45) is 0. The maximum Gasteiger partial charge on any atom is 0.238 e. The highest BCUT2D eigenvalue weighted by atomic mass is 16.2. The minimum absolute atomic E-state index is 0.0381. The quantitative estimate of drug-likeness (QED) is 0.786. The second kappa shape index (κ2) is 5.49. The summed E-state index contributed by atoms with van der Waals surface area (Å²) >= 11 is 0. The number of amides is 1. The molecule has 1 fully saturated rings. The first-order valence-electron chi connectivity index (χ1n) is 6.31. The molecule has 1 aliphatic rings. The van der Waals surface area contributed by atoms with Crippen molar-refractivity contribution >= 4 is 11.6 Å². The number of anilines is 1. The minimum Gasteiger partial charge on any atom is -0.322 e. The molecule has 1 aromatic rings. The summed E-state index contributed by atoms with van der Waals surface area (Å²) in [5.74, 6) is 0.0381. The van der Waals surface area contributed by atoms with E-state index in [0.29, 0.717) is 6.54 Å². The standard InChI is InChI=1S/C12H21N5O/c1-9-12(10(2)16(3)15-9)14-11(18)8-17-6-4-13-5-7-17/h13H,4-8H2,1-3H3,(H,14,18). The highest BCUT2D eigenvalue weighted by Gasteiger charge is 2.16. The van der Waals surface area contributed by atoms with E-state index in [2.05, 4.69) is 20.6 Å². The number of hydrogen-bond acceptors (Lipinski definition) is 4. The van der Waals surface area contributed by atoms with Crippen molar-refractivity contribution in [2.75, 3.05) is 38.0 Å². The highest BCUT2D eigenvalue weighted by molar-refractivity contribution is 5.93. The zero-order valence-electron chi connectivity index (χ0n) is 11.3. The molecule has 0 bridgehead atoms. The van der Waals surface area contributed by atoms with Crippen LogP contribution in [0.3, 0.4) is 0 Å². The summed E-state index contributed by atoms with van der Waals surface area (Å²) in [5, 5.41) is 10.5. The lowest BCUT2D eigenvalue weighted by molar-refractivity contribution is -0.117. The van der Waals surface area contributed by atoms with Crippen LogP contribution >= 0.6 is 0 Å². The molecule has 6 heteroatoms. The van der Waals surface area contributed by atoms with Crippen LogP contribution in [0.5, 0.6) is 0 Å². The lowest BCUT2D eigenvalue weighted by Crippen LogP contribution is -2.46. The van der Waals surface area contributed by atoms with Gasteiger partial charge in [-0.25, -0.2) is 0 Å². The Hall–Kier alpha value is -1.40. The van der Waals surface area contributed by atoms with Crippen molar-refractivity contribution in [3.63, 3.8) is 0 Å². The van der Waals surface area contributed by atoms with Crippen molar-refractivity contribution in [1.29, 1.82) is 0 Å². The Balaban J connectivity index is 1.94. The van der Waals surface area contributed by atoms with Gasteiger partial charge >= 0.3 is 0 Å². The Morgan fingerprint density at radius 1 is 1.39 bits per heavy atom. The monoisotopic (exact) mass is 251 g/mol. The fraction of sp³-hybridized carbons (Fsp3) is 0.667. The van der Waals surface area contributed by atoms with Crippen molar-refractivity contribution in [2.24, 2.45) is 7.05 Å². The summed E-state index contributed by atoms with van der Waals surface area (Å²) in [6.45, 7) is 8.09. The summed E-state index contributed by atoms with van der Waals surface area (Å²) in [7, 11) is 1.88. The molecule has 2 N–H and O–H groups in total. The first-order chi connectivity index (χ1) is 8.58. The largest absolute Gasteiger partial charge is 0.322 e. The van der Waals surface area contributed by atoms with E-state index in [0.717, 1.165) is 43.3 Å². The number of nitrogens with zero attached hydrogens (tertiary/aromatic N) is 3. The number of carbonyl (C=O) groups excluding carboxylic acids is 1. The zero-order chi connectivity index (χ0) is 13.1. The Labute approximate surface area is 107 Å². The molecule has 0 saturated carbocycles. The summed E-state index contributed by atoms with van der Waals surface area (Å²) < 4.78 is 1.79. The van der Waals surface area contributed by atoms with Gasteiger partial charge in [-0.1, -0.05) is 0 Å². The van der Waals surface area contributed by atoms with Crippen LogP contribution in [0.25, 0.3) is 0 Å². The molecule has 0 radical (unpaired) electrons. The fourth-order valence-corrected chi connectivity index (χ4v) is 2.21. The van der Waals surface area contributed by atoms with E-state index in [1.54, 1.807) is 4.68 Å². The van der Waals surface area contributed by atoms with Crippen LogP contribution in [0.2, 0.25) is 0 Å². The summed E-state index contributed by atoms with van der Waals surface area (Å²) in [5.41, 5.74) is 2.70. The third kappa shape index (κ3) is 2.88. The highest BCUT2D eigenvalue weighted by Crippen LogP contribution is 2.18. The minimum atomic E-state index is 0.0381. The zero-order valence-corrected chi connectivity index (χ0v) is 11.3. The normalized spacial score (nSPS) is 16.8. The predicted octanol–water partition coefficient (Wildman–Crippen LogP) is -0.119. The van der Waals surface area contributed by atoms with Crippen LogP contribution in [-0.2, 0) is 11.8 Å². The van der Waals surface area contributed by atoms with Gasteiger partial charge in [0.15, 0.2) is 0 Å². The molecule has 1 amide bonds. The van der Waals surface area contributed by atoms with Gasteiger partial charge in [0.25, 0.3) is 0 Å². The summed E-state index contributed by atoms with van der Waals surface area (Å²) in [6, 6.07) is 0. The Morgan fingerprint density at radius 3 is 2.61 bits per heavy atom. The number of rotatable bonds is 3. The van der Waals surface area contributed by atoms with Crippen molar-refractivity contribution < 1.29 is 4.79 Å². The number of aryl methyl sites for hydroxylation is 2. The van der Waals surface area contributed by atoms with E-state index in [9.17, 15) is 4.79 Å². The van der Waals surface area contributed by atoms with Gasteiger partial charge in [0, 0.05) is 33.2 Å². The number of nitrogens with one attached hydrogen (secondary N) is 2. The number of hydrogen-bond donors (Lipinski definition) is 2. The van der Waals surface area contributed by atoms with Gasteiger partial charge < -0.3 is 10.6 Å². The van der Waals surface area contributed by atoms with E-state index < -0.39 is 0 Å². The van der Waals surface area contributed by atoms with E-state index in [1.165, 1.54) is 0 Å². The topological polar surface area (TPSA) is 62.2 Å². The van der Waals surface area contributed by atoms with Crippen LogP contribution in [0.4, 0.5) is 5.69 Å². The Morgan fingerprint density at radius 2 is 2.06 bits per heavy atom. The average molecular weight is 251 g/mol. The predicted molar refractivity (Wildman–Crippen MR) is 70.6 cm³/mol. The van der Waals surface area contributed by atoms with Crippen molar-refractivity contribution in [2.45, 2.75) is 13.8 Å². The van der Waals surface area contributed by atoms with Crippen LogP contribution in [-0.4, -0.2) is 53.3 Å². The maximum absolute atomic E-state index is 12.0. The van der Waals surface area contributed by atoms with Crippen molar-refractivity contribution in [1.82, 2.24) is 20.0 Å². The second-order valence-electron chi connectivity index (χ2n) is 4.74. The van der Waals surface area contributed by atoms with Crippen LogP contribution in [0.1, 0.15) is 11.4 Å². The Bertz CT molecular complexity index is 434. The first-order valence-corrected chi connectivity index (χ1v) is 6.31. The molecule has 0 unspecified atom stereocenters. The van der Waals surface area contributed by atoms with Crippen LogP contribution < -0.4 is 10.6 Å². The van der Waals surface area contributed by atoms with Crippen molar-refractivity contribution in [3.8, 4) is 0 Å². The molecule has 100 valence electrons. The number of carbonyl (C=O) groups is 1. The molecule has 0 atom stereocenters. The third-order valence-corrected chi connectivity index (χ3v) is 3.35. The van der Waals surface area contributed by atoms with Gasteiger partial charge in [-0.2, -0.15) is 5.10 Å². The first kappa shape index (κ1) is 13.0. The lowest BCUT2D eigenvalue weighted by Gasteiger charge is -2.26. The molecule has 0 aromatic carbocycles. The van der Waals surface area contributed by atoms with E-state index >= 15 is 0 Å². The average Bonchev–Trinajstić information content (AvgIpc) is 2.57. The molecule has 1 saturated heterocycles. The molecule has 1 aromatic heterocycles. The van der Waals surface area contributed by atoms with Gasteiger partial charge in [0.05, 0.1) is 23.6 Å². The van der Waals surface area contributed by atoms with Gasteiger partial charge in [0.2, 0.25) is 5.91 Å². The molecule has 0 spiro atoms. The molecule has 18 heavy (non-hydrogen) atoms. The van der Waals surface area contributed by atoms with Crippen molar-refractivity contribution in [3.05, 3.63) is 11.4 Å². The third-order valence-electron chi connectivity index (χ3n) is 3.35. The van der Waals surface area contributed by atoms with Gasteiger partial charge in [0.1, 0.15) is 0 Å². The number of aromatic nitrogens is 2. The Kier molecular flexibility index (Phi) is 3.98. The number of piperazine rings is 1. The fourth-order valence-electron chi connectivity index (χ4n) is 2.21. The molecule has 2 heterocycles. The van der Waals surface area contributed by atoms with Gasteiger partial charge in [-0.05, 0) is 13.8 Å². The van der Waals surface area contributed by atoms with Crippen LogP contribution in [0, 0.1) is 13.8 Å². The molecule has 0 aliphatic carbocycles. The van der Waals surface area contributed by atoms with E-state index in [1.807, 2.05) is 20.9 Å². The smallest absolute Gasteiger partial charge is 0.238 e. The maximum atomic E-state index is 12.0. The molecule has 6 nitrogen and oxygen atoms in total. The SMILES string of the molecule is Cc1nn(C)c(C)c1NC(=O)CN1CCNCC1. The van der Waals surface area contributed by atoms with Gasteiger partial charge in [-0.15, -0.1) is 0 Å². The van der Waals surface area contributed by atoms with Crippen LogP contribution in [0.15, 0.2) is 0 Å². The molecule has 1 aliphatic heterocycles. The molecular weight excluding hydrogens is 230 g/mol. The lowest BCUT2D eigenvalue weighted by atomic mass is 10.3. The second-order valence-corrected chi connectivity index (χ2v) is 4.74. The molecular formula is C12H21N5O. The van der Waals surface area contributed by atoms with Gasteiger partial charge in [-0.3, -0.25) is 14.4 Å². The van der Waals surface area contributed by atoms with E-state index in [-0.39, 0.29) is 5.91 Å². The van der Waals surface area contributed by atoms with E-state index in [4.69, 9.17) is 0 Å². The molecule has 2 rings (SSSR count).